The largest absolute Gasteiger partial charge is 0.463 e. The Morgan fingerprint density at radius 3 is 2.89 bits per heavy atom. The molecule has 106 valence electrons. The molecule has 0 N–H and O–H groups in total. The van der Waals surface area contributed by atoms with Crippen LogP contribution in [0.5, 0.6) is 0 Å². The molecule has 0 aromatic carbocycles. The summed E-state index contributed by atoms with van der Waals surface area (Å²) < 4.78 is 11.1. The molecule has 1 aliphatic carbocycles. The van der Waals surface area contributed by atoms with Gasteiger partial charge < -0.3 is 14.4 Å². The molecule has 1 saturated carbocycles. The second kappa shape index (κ2) is 3.95. The van der Waals surface area contributed by atoms with Gasteiger partial charge >= 0.3 is 5.97 Å². The number of piperidine rings is 1. The van der Waals surface area contributed by atoms with Crippen molar-refractivity contribution in [3.8, 4) is 0 Å². The van der Waals surface area contributed by atoms with Crippen molar-refractivity contribution in [1.29, 1.82) is 0 Å². The van der Waals surface area contributed by atoms with Gasteiger partial charge in [0.05, 0.1) is 6.61 Å². The van der Waals surface area contributed by atoms with Crippen molar-refractivity contribution in [2.45, 2.75) is 50.9 Å². The van der Waals surface area contributed by atoms with Gasteiger partial charge in [0.2, 0.25) is 5.60 Å². The molecule has 19 heavy (non-hydrogen) atoms. The van der Waals surface area contributed by atoms with E-state index in [0.29, 0.717) is 12.3 Å². The molecule has 2 aliphatic heterocycles. The molecule has 2 bridgehead atoms. The van der Waals surface area contributed by atoms with E-state index in [2.05, 4.69) is 6.92 Å². The van der Waals surface area contributed by atoms with Gasteiger partial charge in [0.25, 0.3) is 5.91 Å². The fraction of sp³-hybridized carbons (Fsp3) is 0.857. The lowest BCUT2D eigenvalue weighted by Crippen LogP contribution is -2.57. The Balaban J connectivity index is 1.98. The molecule has 1 spiro atoms. The summed E-state index contributed by atoms with van der Waals surface area (Å²) in [5.41, 5.74) is -1.93. The molecule has 1 amide bonds. The maximum absolute atomic E-state index is 12.5. The number of esters is 1. The third kappa shape index (κ3) is 1.45. The van der Waals surface area contributed by atoms with Crippen LogP contribution in [-0.2, 0) is 19.1 Å². The van der Waals surface area contributed by atoms with Gasteiger partial charge in [0.1, 0.15) is 5.72 Å². The Morgan fingerprint density at radius 2 is 2.21 bits per heavy atom. The second-order valence-electron chi connectivity index (χ2n) is 6.15. The standard InChI is InChI=1S/C14H21NO4/c1-4-18-12(17)13-8-10-6-5-9(2)7-14(10,19-13)15(3)11(13)16/h9-10H,4-8H2,1-3H3/t9-,10+,13-,14+/m0/s1. The summed E-state index contributed by atoms with van der Waals surface area (Å²) >= 11 is 0. The third-order valence-electron chi connectivity index (χ3n) is 4.99. The average molecular weight is 267 g/mol. The number of rotatable bonds is 2. The first-order valence-electron chi connectivity index (χ1n) is 7.12. The molecule has 0 aromatic heterocycles. The van der Waals surface area contributed by atoms with E-state index in [1.807, 2.05) is 0 Å². The number of nitrogens with zero attached hydrogens (tertiary/aromatic N) is 1. The summed E-state index contributed by atoms with van der Waals surface area (Å²) in [5, 5.41) is 0. The summed E-state index contributed by atoms with van der Waals surface area (Å²) in [5.74, 6) is 0.0421. The predicted molar refractivity (Wildman–Crippen MR) is 67.1 cm³/mol. The fourth-order valence-corrected chi connectivity index (χ4v) is 4.07. The Bertz CT molecular complexity index is 437. The number of fused-ring (bicyclic) bond motifs is 1. The van der Waals surface area contributed by atoms with E-state index in [1.54, 1.807) is 18.9 Å². The third-order valence-corrected chi connectivity index (χ3v) is 4.99. The van der Waals surface area contributed by atoms with Crippen molar-refractivity contribution in [2.24, 2.45) is 11.8 Å². The van der Waals surface area contributed by atoms with Gasteiger partial charge in [-0.1, -0.05) is 13.3 Å². The Labute approximate surface area is 113 Å². The lowest BCUT2D eigenvalue weighted by atomic mass is 9.71. The molecule has 0 aromatic rings. The summed E-state index contributed by atoms with van der Waals surface area (Å²) in [7, 11) is 1.76. The number of ether oxygens (including phenoxy) is 2. The number of likely N-dealkylation sites (N-methyl/N-ethyl adjacent to an activating group) is 1. The van der Waals surface area contributed by atoms with Crippen LogP contribution in [0.2, 0.25) is 0 Å². The van der Waals surface area contributed by atoms with Crippen LogP contribution in [0.3, 0.4) is 0 Å². The quantitative estimate of drug-likeness (QED) is 0.559. The van der Waals surface area contributed by atoms with E-state index < -0.39 is 17.3 Å². The van der Waals surface area contributed by atoms with Crippen LogP contribution in [0, 0.1) is 11.8 Å². The molecular formula is C14H21NO4. The molecule has 2 saturated heterocycles. The molecule has 2 heterocycles. The SMILES string of the molecule is CCOC(=O)[C@@]12C[C@H]3CC[C@H](C)C[C@]3(O1)N(C)C2=O. The molecule has 0 radical (unpaired) electrons. The van der Waals surface area contributed by atoms with E-state index in [4.69, 9.17) is 9.47 Å². The minimum absolute atomic E-state index is 0.226. The fourth-order valence-electron chi connectivity index (χ4n) is 4.07. The molecule has 5 nitrogen and oxygen atoms in total. The van der Waals surface area contributed by atoms with E-state index in [-0.39, 0.29) is 18.4 Å². The minimum Gasteiger partial charge on any atom is -0.463 e. The molecular weight excluding hydrogens is 246 g/mol. The van der Waals surface area contributed by atoms with Crippen LogP contribution in [0.1, 0.15) is 39.5 Å². The molecule has 3 rings (SSSR count). The van der Waals surface area contributed by atoms with Gasteiger partial charge in [-0.2, -0.15) is 0 Å². The predicted octanol–water partition coefficient (Wildman–Crippen LogP) is 1.31. The highest BCUT2D eigenvalue weighted by Gasteiger charge is 2.74. The van der Waals surface area contributed by atoms with Gasteiger partial charge in [-0.15, -0.1) is 0 Å². The Hall–Kier alpha value is -1.10. The van der Waals surface area contributed by atoms with Gasteiger partial charge in [-0.25, -0.2) is 4.79 Å². The maximum atomic E-state index is 12.5. The van der Waals surface area contributed by atoms with Crippen LogP contribution in [0.4, 0.5) is 0 Å². The molecule has 3 aliphatic rings. The highest BCUT2D eigenvalue weighted by Crippen LogP contribution is 2.58. The number of amides is 1. The minimum atomic E-state index is -1.36. The van der Waals surface area contributed by atoms with Crippen molar-refractivity contribution in [3.63, 3.8) is 0 Å². The van der Waals surface area contributed by atoms with Crippen LogP contribution >= 0.6 is 0 Å². The maximum Gasteiger partial charge on any atom is 0.348 e. The van der Waals surface area contributed by atoms with E-state index >= 15 is 0 Å². The molecule has 4 atom stereocenters. The van der Waals surface area contributed by atoms with Gasteiger partial charge in [0, 0.05) is 19.4 Å². The Morgan fingerprint density at radius 1 is 1.47 bits per heavy atom. The second-order valence-corrected chi connectivity index (χ2v) is 6.15. The number of hydrogen-bond donors (Lipinski definition) is 0. The van der Waals surface area contributed by atoms with E-state index in [1.165, 1.54) is 0 Å². The monoisotopic (exact) mass is 267 g/mol. The number of likely N-dealkylation sites (tertiary alicyclic amines) is 1. The zero-order valence-corrected chi connectivity index (χ0v) is 11.8. The van der Waals surface area contributed by atoms with Gasteiger partial charge in [0.15, 0.2) is 0 Å². The van der Waals surface area contributed by atoms with Crippen molar-refractivity contribution < 1.29 is 19.1 Å². The molecule has 0 unspecified atom stereocenters. The first-order chi connectivity index (χ1) is 8.96. The van der Waals surface area contributed by atoms with Crippen molar-refractivity contribution in [3.05, 3.63) is 0 Å². The molecule has 5 heteroatoms. The zero-order valence-electron chi connectivity index (χ0n) is 11.8. The first kappa shape index (κ1) is 12.9. The summed E-state index contributed by atoms with van der Waals surface area (Å²) in [6, 6.07) is 0. The summed E-state index contributed by atoms with van der Waals surface area (Å²) in [4.78, 5) is 26.3. The highest BCUT2D eigenvalue weighted by atomic mass is 16.6. The van der Waals surface area contributed by atoms with Crippen molar-refractivity contribution in [1.82, 2.24) is 4.90 Å². The molecule has 3 fully saturated rings. The van der Waals surface area contributed by atoms with E-state index in [9.17, 15) is 9.59 Å². The number of carbonyl (C=O) groups excluding carboxylic acids is 2. The number of carbonyl (C=O) groups is 2. The zero-order chi connectivity index (χ0) is 13.8. The van der Waals surface area contributed by atoms with Crippen molar-refractivity contribution >= 4 is 11.9 Å². The lowest BCUT2D eigenvalue weighted by Gasteiger charge is -2.44. The van der Waals surface area contributed by atoms with Crippen LogP contribution in [-0.4, -0.2) is 41.8 Å². The van der Waals surface area contributed by atoms with Crippen molar-refractivity contribution in [2.75, 3.05) is 13.7 Å². The average Bonchev–Trinajstić information content (AvgIpc) is 2.82. The van der Waals surface area contributed by atoms with Crippen LogP contribution < -0.4 is 0 Å². The lowest BCUT2D eigenvalue weighted by molar-refractivity contribution is -0.175. The summed E-state index contributed by atoms with van der Waals surface area (Å²) in [6.07, 6.45) is 3.46. The highest BCUT2D eigenvalue weighted by molar-refractivity contribution is 6.08. The van der Waals surface area contributed by atoms with Crippen LogP contribution in [0.15, 0.2) is 0 Å². The summed E-state index contributed by atoms with van der Waals surface area (Å²) in [6.45, 7) is 4.20. The number of hydrogen-bond acceptors (Lipinski definition) is 4. The first-order valence-corrected chi connectivity index (χ1v) is 7.12. The van der Waals surface area contributed by atoms with E-state index in [0.717, 1.165) is 19.3 Å². The van der Waals surface area contributed by atoms with Gasteiger partial charge in [-0.05, 0) is 25.7 Å². The van der Waals surface area contributed by atoms with Gasteiger partial charge in [-0.3, -0.25) is 4.79 Å². The topological polar surface area (TPSA) is 55.8 Å². The van der Waals surface area contributed by atoms with Crippen LogP contribution in [0.25, 0.3) is 0 Å². The smallest absolute Gasteiger partial charge is 0.348 e. The normalized spacial score (nSPS) is 44.4. The Kier molecular flexibility index (Phi) is 2.68.